The second-order valence-electron chi connectivity index (χ2n) is 10.2. The zero-order valence-electron chi connectivity index (χ0n) is 23.1. The van der Waals surface area contributed by atoms with Crippen LogP contribution in [0.15, 0.2) is 66.9 Å². The Kier molecular flexibility index (Phi) is 9.91. The molecule has 0 aliphatic carbocycles. The largest absolute Gasteiger partial charge is 0.474 e. The number of unbranched alkanes of at least 4 members (excludes halogenated alkanes) is 1. The molecule has 1 atom stereocenters. The molecule has 8 heteroatoms. The third-order valence-electron chi connectivity index (χ3n) is 6.96. The van der Waals surface area contributed by atoms with Crippen molar-refractivity contribution >= 4 is 28.9 Å². The maximum absolute atomic E-state index is 13.2. The summed E-state index contributed by atoms with van der Waals surface area (Å²) in [5.41, 5.74) is 3.80. The van der Waals surface area contributed by atoms with Crippen LogP contribution in [-0.4, -0.2) is 54.0 Å². The number of benzene rings is 2. The van der Waals surface area contributed by atoms with Crippen LogP contribution in [0, 0.1) is 6.92 Å². The Hall–Kier alpha value is -3.91. The molecule has 2 amide bonds. The van der Waals surface area contributed by atoms with Crippen molar-refractivity contribution in [1.29, 1.82) is 0 Å². The summed E-state index contributed by atoms with van der Waals surface area (Å²) in [6, 6.07) is 18.4. The first-order valence-electron chi connectivity index (χ1n) is 13.8. The van der Waals surface area contributed by atoms with Crippen LogP contribution in [0.1, 0.15) is 54.9 Å². The topological polar surface area (TPSA) is 95.6 Å². The number of hydrogen-bond donors (Lipinski definition) is 3. The minimum atomic E-state index is -0.658. The molecule has 4 rings (SSSR count). The van der Waals surface area contributed by atoms with Crippen molar-refractivity contribution in [3.05, 3.63) is 78.0 Å². The van der Waals surface area contributed by atoms with Gasteiger partial charge in [0, 0.05) is 36.1 Å². The number of para-hydroxylation sites is 1. The van der Waals surface area contributed by atoms with Crippen LogP contribution in [0.2, 0.25) is 0 Å². The first-order valence-corrected chi connectivity index (χ1v) is 13.8. The molecular formula is C31H39N5O3. The van der Waals surface area contributed by atoms with Crippen molar-refractivity contribution in [3.63, 3.8) is 0 Å². The van der Waals surface area contributed by atoms with Crippen LogP contribution in [-0.2, 0) is 4.79 Å². The van der Waals surface area contributed by atoms with Gasteiger partial charge in [0.1, 0.15) is 12.1 Å². The Morgan fingerprint density at radius 1 is 1.03 bits per heavy atom. The van der Waals surface area contributed by atoms with E-state index in [2.05, 4.69) is 39.8 Å². The summed E-state index contributed by atoms with van der Waals surface area (Å²) in [6.07, 6.45) is 5.99. The van der Waals surface area contributed by atoms with E-state index < -0.39 is 6.04 Å². The molecule has 0 saturated carbocycles. The SMILES string of the molecule is CCCCC(NC(=O)c1ccc(Nc2ccccc2)cc1C)C(=O)Nc1ccc(OC2CCN(C)CC2)nc1. The fraction of sp³-hybridized carbons (Fsp3) is 0.387. The molecule has 1 unspecified atom stereocenters. The lowest BCUT2D eigenvalue weighted by molar-refractivity contribution is -0.118. The summed E-state index contributed by atoms with van der Waals surface area (Å²) in [4.78, 5) is 33.0. The van der Waals surface area contributed by atoms with Gasteiger partial charge in [-0.1, -0.05) is 38.0 Å². The number of aromatic nitrogens is 1. The van der Waals surface area contributed by atoms with Crippen molar-refractivity contribution in [2.24, 2.45) is 0 Å². The highest BCUT2D eigenvalue weighted by Crippen LogP contribution is 2.21. The lowest BCUT2D eigenvalue weighted by atomic mass is 10.0. The number of ether oxygens (including phenoxy) is 1. The lowest BCUT2D eigenvalue weighted by Gasteiger charge is -2.28. The second kappa shape index (κ2) is 13.8. The number of likely N-dealkylation sites (tertiary alicyclic amines) is 1. The average molecular weight is 530 g/mol. The first kappa shape index (κ1) is 28.1. The Bertz CT molecular complexity index is 1220. The molecule has 2 aromatic carbocycles. The molecule has 0 bridgehead atoms. The van der Waals surface area contributed by atoms with E-state index in [9.17, 15) is 9.59 Å². The molecule has 1 fully saturated rings. The van der Waals surface area contributed by atoms with Crippen molar-refractivity contribution in [2.75, 3.05) is 30.8 Å². The number of piperidine rings is 1. The van der Waals surface area contributed by atoms with Crippen LogP contribution in [0.25, 0.3) is 0 Å². The lowest BCUT2D eigenvalue weighted by Crippen LogP contribution is -2.44. The zero-order valence-corrected chi connectivity index (χ0v) is 23.1. The van der Waals surface area contributed by atoms with E-state index in [1.54, 1.807) is 24.4 Å². The molecule has 8 nitrogen and oxygen atoms in total. The van der Waals surface area contributed by atoms with Gasteiger partial charge in [-0.15, -0.1) is 0 Å². The number of anilines is 3. The fourth-order valence-electron chi connectivity index (χ4n) is 4.62. The Morgan fingerprint density at radius 2 is 1.77 bits per heavy atom. The van der Waals surface area contributed by atoms with Gasteiger partial charge in [-0.05, 0) is 75.2 Å². The van der Waals surface area contributed by atoms with E-state index in [4.69, 9.17) is 4.74 Å². The number of pyridine rings is 1. The van der Waals surface area contributed by atoms with Gasteiger partial charge in [-0.3, -0.25) is 9.59 Å². The summed E-state index contributed by atoms with van der Waals surface area (Å²) in [5, 5.41) is 9.19. The molecule has 39 heavy (non-hydrogen) atoms. The molecule has 0 spiro atoms. The van der Waals surface area contributed by atoms with Crippen LogP contribution < -0.4 is 20.7 Å². The number of amides is 2. The predicted octanol–water partition coefficient (Wildman–Crippen LogP) is 5.53. The minimum Gasteiger partial charge on any atom is -0.474 e. The Balaban J connectivity index is 1.36. The van der Waals surface area contributed by atoms with Gasteiger partial charge in [-0.25, -0.2) is 4.98 Å². The third kappa shape index (κ3) is 8.29. The standard InChI is InChI=1S/C31H39N5O3/c1-4-5-11-28(31(38)34-25-13-15-29(32-21-25)39-26-16-18-36(3)19-17-26)35-30(37)27-14-12-24(20-22(27)2)33-23-9-7-6-8-10-23/h6-10,12-15,20-21,26,28,33H,4-5,11,16-19H2,1-3H3,(H,34,38)(H,35,37). The van der Waals surface area contributed by atoms with Crippen LogP contribution in [0.3, 0.4) is 0 Å². The molecule has 1 aromatic heterocycles. The Labute approximate surface area is 231 Å². The molecule has 3 aromatic rings. The predicted molar refractivity (Wildman–Crippen MR) is 156 cm³/mol. The number of nitrogens with zero attached hydrogens (tertiary/aromatic N) is 2. The molecule has 206 valence electrons. The summed E-state index contributed by atoms with van der Waals surface area (Å²) < 4.78 is 6.01. The van der Waals surface area contributed by atoms with Crippen LogP contribution in [0.5, 0.6) is 5.88 Å². The van der Waals surface area contributed by atoms with Gasteiger partial charge >= 0.3 is 0 Å². The van der Waals surface area contributed by atoms with Gasteiger partial charge in [0.15, 0.2) is 0 Å². The molecular weight excluding hydrogens is 490 g/mol. The third-order valence-corrected chi connectivity index (χ3v) is 6.96. The second-order valence-corrected chi connectivity index (χ2v) is 10.2. The Morgan fingerprint density at radius 3 is 2.44 bits per heavy atom. The quantitative estimate of drug-likeness (QED) is 0.302. The van der Waals surface area contributed by atoms with Gasteiger partial charge < -0.3 is 25.6 Å². The number of rotatable bonds is 11. The molecule has 3 N–H and O–H groups in total. The number of aryl methyl sites for hydroxylation is 1. The summed E-state index contributed by atoms with van der Waals surface area (Å²) in [6.45, 7) is 5.98. The van der Waals surface area contributed by atoms with Crippen molar-refractivity contribution < 1.29 is 14.3 Å². The molecule has 0 radical (unpaired) electrons. The zero-order chi connectivity index (χ0) is 27.6. The smallest absolute Gasteiger partial charge is 0.252 e. The number of hydrogen-bond acceptors (Lipinski definition) is 6. The molecule has 2 heterocycles. The van der Waals surface area contributed by atoms with E-state index in [1.807, 2.05) is 49.4 Å². The molecule has 1 saturated heterocycles. The molecule has 1 aliphatic heterocycles. The minimum absolute atomic E-state index is 0.162. The summed E-state index contributed by atoms with van der Waals surface area (Å²) >= 11 is 0. The van der Waals surface area contributed by atoms with Gasteiger partial charge in [0.2, 0.25) is 11.8 Å². The number of carbonyl (C=O) groups is 2. The van der Waals surface area contributed by atoms with Crippen LogP contribution in [0.4, 0.5) is 17.1 Å². The van der Waals surface area contributed by atoms with E-state index in [1.165, 1.54) is 0 Å². The van der Waals surface area contributed by atoms with E-state index in [0.717, 1.165) is 55.7 Å². The van der Waals surface area contributed by atoms with Crippen molar-refractivity contribution in [1.82, 2.24) is 15.2 Å². The first-order chi connectivity index (χ1) is 18.9. The maximum Gasteiger partial charge on any atom is 0.252 e. The van der Waals surface area contributed by atoms with Gasteiger partial charge in [0.25, 0.3) is 5.91 Å². The van der Waals surface area contributed by atoms with E-state index in [-0.39, 0.29) is 17.9 Å². The average Bonchev–Trinajstić information content (AvgIpc) is 2.94. The maximum atomic E-state index is 13.2. The van der Waals surface area contributed by atoms with Crippen LogP contribution >= 0.6 is 0 Å². The highest BCUT2D eigenvalue weighted by atomic mass is 16.5. The van der Waals surface area contributed by atoms with E-state index >= 15 is 0 Å². The highest BCUT2D eigenvalue weighted by Gasteiger charge is 2.23. The number of nitrogens with one attached hydrogen (secondary N) is 3. The number of carbonyl (C=O) groups excluding carboxylic acids is 2. The summed E-state index contributed by atoms with van der Waals surface area (Å²) in [5.74, 6) is 0.0247. The van der Waals surface area contributed by atoms with Crippen molar-refractivity contribution in [2.45, 2.75) is 58.1 Å². The summed E-state index contributed by atoms with van der Waals surface area (Å²) in [7, 11) is 2.11. The molecule has 1 aliphatic rings. The van der Waals surface area contributed by atoms with Gasteiger partial charge in [0.05, 0.1) is 11.9 Å². The van der Waals surface area contributed by atoms with E-state index in [0.29, 0.717) is 23.6 Å². The van der Waals surface area contributed by atoms with Gasteiger partial charge in [-0.2, -0.15) is 0 Å². The van der Waals surface area contributed by atoms with Crippen molar-refractivity contribution in [3.8, 4) is 5.88 Å². The monoisotopic (exact) mass is 529 g/mol. The fourth-order valence-corrected chi connectivity index (χ4v) is 4.62. The normalized spacial score (nSPS) is 14.8. The highest BCUT2D eigenvalue weighted by molar-refractivity contribution is 6.02.